The maximum Gasteiger partial charge on any atom is 0.414 e. The number of aromatic nitrogens is 3. The summed E-state index contributed by atoms with van der Waals surface area (Å²) < 4.78 is 25.9. The van der Waals surface area contributed by atoms with E-state index in [1.54, 1.807) is 30.3 Å². The molecular weight excluding hydrogens is 343 g/mol. The van der Waals surface area contributed by atoms with E-state index < -0.39 is 4.92 Å². The number of nitro groups is 1. The Morgan fingerprint density at radius 1 is 1.23 bits per heavy atom. The molecule has 1 aliphatic rings. The van der Waals surface area contributed by atoms with Gasteiger partial charge in [0.2, 0.25) is 5.88 Å². The van der Waals surface area contributed by atoms with Gasteiger partial charge >= 0.3 is 11.8 Å². The Morgan fingerprint density at radius 3 is 2.81 bits per heavy atom. The number of fused-ring (bicyclic) bond motifs is 1. The van der Waals surface area contributed by atoms with Crippen molar-refractivity contribution in [1.29, 1.82) is 0 Å². The largest absolute Gasteiger partial charge is 0.469 e. The molecule has 0 fully saturated rings. The van der Waals surface area contributed by atoms with Gasteiger partial charge in [-0.3, -0.25) is 4.57 Å². The van der Waals surface area contributed by atoms with Gasteiger partial charge in [0.1, 0.15) is 18.6 Å². The molecule has 0 radical (unpaired) electrons. The molecule has 1 aromatic carbocycles. The van der Waals surface area contributed by atoms with Crippen molar-refractivity contribution in [1.82, 2.24) is 14.5 Å². The third kappa shape index (κ3) is 3.18. The number of hydrogen-bond acceptors (Lipinski definition) is 6. The summed E-state index contributed by atoms with van der Waals surface area (Å²) in [5.74, 6) is -0.193. The predicted octanol–water partition coefficient (Wildman–Crippen LogP) is 2.83. The number of pyridine rings is 1. The highest BCUT2D eigenvalue weighted by Crippen LogP contribution is 2.24. The van der Waals surface area contributed by atoms with Gasteiger partial charge in [-0.05, 0) is 35.3 Å². The van der Waals surface area contributed by atoms with Crippen molar-refractivity contribution >= 4 is 5.82 Å². The summed E-state index contributed by atoms with van der Waals surface area (Å²) in [7, 11) is 0. The second kappa shape index (κ2) is 6.43. The Hall–Kier alpha value is -3.49. The Balaban J connectivity index is 1.50. The van der Waals surface area contributed by atoms with Crippen molar-refractivity contribution in [2.45, 2.75) is 12.6 Å². The van der Waals surface area contributed by atoms with Gasteiger partial charge in [0.05, 0.1) is 12.2 Å². The Bertz CT molecular complexity index is 958. The Morgan fingerprint density at radius 2 is 2.04 bits per heavy atom. The minimum Gasteiger partial charge on any atom is -0.469 e. The van der Waals surface area contributed by atoms with Crippen molar-refractivity contribution in [3.63, 3.8) is 0 Å². The molecule has 0 amide bonds. The molecule has 3 heterocycles. The van der Waals surface area contributed by atoms with Crippen molar-refractivity contribution in [3.8, 4) is 23.1 Å². The number of halogens is 1. The number of hydrogen-bond donors (Lipinski definition) is 0. The van der Waals surface area contributed by atoms with Crippen molar-refractivity contribution in [2.75, 3.05) is 6.61 Å². The van der Waals surface area contributed by atoms with Crippen LogP contribution < -0.4 is 9.47 Å². The first-order valence-electron chi connectivity index (χ1n) is 7.82. The van der Waals surface area contributed by atoms with E-state index in [-0.39, 0.29) is 30.4 Å². The average Bonchev–Trinajstić information content (AvgIpc) is 3.06. The first kappa shape index (κ1) is 16.0. The van der Waals surface area contributed by atoms with Crippen LogP contribution in [0.25, 0.3) is 11.3 Å². The molecule has 2 aromatic heterocycles. The molecule has 0 aliphatic carbocycles. The number of ether oxygens (including phenoxy) is 2. The lowest BCUT2D eigenvalue weighted by atomic mass is 10.1. The lowest BCUT2D eigenvalue weighted by Crippen LogP contribution is -2.34. The van der Waals surface area contributed by atoms with Crippen LogP contribution >= 0.6 is 0 Å². The van der Waals surface area contributed by atoms with Gasteiger partial charge in [0.25, 0.3) is 0 Å². The highest BCUT2D eigenvalue weighted by Gasteiger charge is 2.29. The molecule has 0 spiro atoms. The topological polar surface area (TPSA) is 92.3 Å². The normalized spacial score (nSPS) is 15.8. The molecular formula is C17H13FN4O4. The lowest BCUT2D eigenvalue weighted by Gasteiger charge is -2.22. The van der Waals surface area contributed by atoms with Gasteiger partial charge in [-0.1, -0.05) is 6.07 Å². The molecule has 8 nitrogen and oxygen atoms in total. The maximum absolute atomic E-state index is 13.1. The van der Waals surface area contributed by atoms with Crippen LogP contribution in [-0.4, -0.2) is 32.2 Å². The SMILES string of the molecule is O=[N+]([O-])c1cn2c(n1)OC[C@@H](Oc1cccc(-c3ccc(F)cc3)n1)C2. The van der Waals surface area contributed by atoms with E-state index in [1.807, 2.05) is 0 Å². The monoisotopic (exact) mass is 356 g/mol. The smallest absolute Gasteiger partial charge is 0.414 e. The molecule has 4 rings (SSSR count). The fourth-order valence-corrected chi connectivity index (χ4v) is 2.66. The molecule has 0 unspecified atom stereocenters. The van der Waals surface area contributed by atoms with Crippen LogP contribution in [0.3, 0.4) is 0 Å². The summed E-state index contributed by atoms with van der Waals surface area (Å²) in [6, 6.07) is 11.5. The van der Waals surface area contributed by atoms with Crippen molar-refractivity contribution in [2.24, 2.45) is 0 Å². The molecule has 1 aliphatic heterocycles. The Kier molecular flexibility index (Phi) is 3.96. The van der Waals surface area contributed by atoms with E-state index in [0.29, 0.717) is 18.1 Å². The zero-order valence-corrected chi connectivity index (χ0v) is 13.4. The summed E-state index contributed by atoms with van der Waals surface area (Å²) in [6.07, 6.45) is 0.944. The highest BCUT2D eigenvalue weighted by atomic mass is 19.1. The lowest BCUT2D eigenvalue weighted by molar-refractivity contribution is -0.389. The van der Waals surface area contributed by atoms with Gasteiger partial charge in [-0.2, -0.15) is 0 Å². The van der Waals surface area contributed by atoms with Crippen LogP contribution in [0.1, 0.15) is 0 Å². The summed E-state index contributed by atoms with van der Waals surface area (Å²) in [6.45, 7) is 0.565. The minimum atomic E-state index is -0.571. The fourth-order valence-electron chi connectivity index (χ4n) is 2.66. The number of nitrogens with zero attached hydrogens (tertiary/aromatic N) is 4. The number of rotatable bonds is 4. The fraction of sp³-hybridized carbons (Fsp3) is 0.176. The van der Waals surface area contributed by atoms with Gasteiger partial charge in [0.15, 0.2) is 6.10 Å². The summed E-state index contributed by atoms with van der Waals surface area (Å²) in [5, 5.41) is 10.8. The molecule has 1 atom stereocenters. The van der Waals surface area contributed by atoms with E-state index in [2.05, 4.69) is 9.97 Å². The minimum absolute atomic E-state index is 0.199. The quantitative estimate of drug-likeness (QED) is 0.527. The molecule has 0 N–H and O–H groups in total. The van der Waals surface area contributed by atoms with Crippen LogP contribution in [0.2, 0.25) is 0 Å². The third-order valence-corrected chi connectivity index (χ3v) is 3.86. The van der Waals surface area contributed by atoms with Crippen LogP contribution in [0.15, 0.2) is 48.7 Å². The highest BCUT2D eigenvalue weighted by molar-refractivity contribution is 5.59. The van der Waals surface area contributed by atoms with Crippen molar-refractivity contribution in [3.05, 3.63) is 64.6 Å². The van der Waals surface area contributed by atoms with E-state index in [0.717, 1.165) is 5.56 Å². The van der Waals surface area contributed by atoms with E-state index in [4.69, 9.17) is 9.47 Å². The van der Waals surface area contributed by atoms with Gasteiger partial charge in [0, 0.05) is 16.6 Å². The molecule has 0 saturated heterocycles. The van der Waals surface area contributed by atoms with E-state index in [9.17, 15) is 14.5 Å². The van der Waals surface area contributed by atoms with Gasteiger partial charge < -0.3 is 19.6 Å². The van der Waals surface area contributed by atoms with Crippen molar-refractivity contribution < 1.29 is 18.8 Å². The number of benzene rings is 1. The van der Waals surface area contributed by atoms with Crippen LogP contribution in [0, 0.1) is 15.9 Å². The second-order valence-electron chi connectivity index (χ2n) is 5.71. The van der Waals surface area contributed by atoms with Crippen LogP contribution in [-0.2, 0) is 6.54 Å². The van der Waals surface area contributed by atoms with E-state index >= 15 is 0 Å². The molecule has 26 heavy (non-hydrogen) atoms. The zero-order chi connectivity index (χ0) is 18.1. The zero-order valence-electron chi connectivity index (χ0n) is 13.4. The van der Waals surface area contributed by atoms with Gasteiger partial charge in [-0.15, -0.1) is 0 Å². The maximum atomic E-state index is 13.1. The average molecular weight is 356 g/mol. The summed E-state index contributed by atoms with van der Waals surface area (Å²) >= 11 is 0. The number of imidazole rings is 1. The van der Waals surface area contributed by atoms with Crippen LogP contribution in [0.5, 0.6) is 11.9 Å². The molecule has 132 valence electrons. The molecule has 3 aromatic rings. The van der Waals surface area contributed by atoms with E-state index in [1.165, 1.54) is 22.9 Å². The Labute approximate surface area is 147 Å². The first-order chi connectivity index (χ1) is 12.6. The van der Waals surface area contributed by atoms with Crippen LogP contribution in [0.4, 0.5) is 10.2 Å². The standard InChI is InChI=1S/C17H13FN4O4/c18-12-6-4-11(5-7-12)14-2-1-3-16(19-14)26-13-8-21-9-15(22(23)24)20-17(21)25-10-13/h1-7,9,13H,8,10H2/t13-/m0/s1. The predicted molar refractivity (Wildman–Crippen MR) is 88.4 cm³/mol. The molecule has 0 bridgehead atoms. The van der Waals surface area contributed by atoms with Gasteiger partial charge in [-0.25, -0.2) is 9.37 Å². The second-order valence-corrected chi connectivity index (χ2v) is 5.71. The summed E-state index contributed by atoms with van der Waals surface area (Å²) in [5.41, 5.74) is 1.42. The third-order valence-electron chi connectivity index (χ3n) is 3.86. The first-order valence-corrected chi connectivity index (χ1v) is 7.82. The summed E-state index contributed by atoms with van der Waals surface area (Å²) in [4.78, 5) is 18.4. The molecule has 0 saturated carbocycles. The molecule has 9 heteroatoms.